The number of hydrogen-bond donors (Lipinski definition) is 2. The molecule has 1 heterocycles. The summed E-state index contributed by atoms with van der Waals surface area (Å²) in [5, 5.41) is 11.9. The predicted octanol–water partition coefficient (Wildman–Crippen LogP) is 2.11. The fourth-order valence-electron chi connectivity index (χ4n) is 2.27. The summed E-state index contributed by atoms with van der Waals surface area (Å²) in [6.07, 6.45) is 0.768. The van der Waals surface area contributed by atoms with Crippen molar-refractivity contribution in [3.8, 4) is 0 Å². The topological polar surface area (TPSA) is 69.6 Å². The van der Waals surface area contributed by atoms with Gasteiger partial charge in [-0.25, -0.2) is 9.59 Å². The molecule has 0 unspecified atom stereocenters. The Morgan fingerprint density at radius 1 is 1.35 bits per heavy atom. The van der Waals surface area contributed by atoms with Crippen LogP contribution in [0.2, 0.25) is 0 Å². The van der Waals surface area contributed by atoms with E-state index in [1.54, 1.807) is 17.0 Å². The number of benzene rings is 1. The summed E-state index contributed by atoms with van der Waals surface area (Å²) >= 11 is 0. The van der Waals surface area contributed by atoms with E-state index in [0.717, 1.165) is 17.5 Å². The number of carbonyl (C=O) groups is 2. The van der Waals surface area contributed by atoms with Gasteiger partial charge in [0, 0.05) is 19.6 Å². The number of carbonyl (C=O) groups excluding carboxylic acids is 1. The van der Waals surface area contributed by atoms with Gasteiger partial charge in [0.15, 0.2) is 0 Å². The Labute approximate surface area is 118 Å². The number of rotatable bonds is 3. The van der Waals surface area contributed by atoms with Crippen molar-refractivity contribution in [1.82, 2.24) is 10.2 Å². The van der Waals surface area contributed by atoms with Gasteiger partial charge in [-0.3, -0.25) is 0 Å². The molecule has 0 spiro atoms. The van der Waals surface area contributed by atoms with Crippen LogP contribution in [0.5, 0.6) is 0 Å². The van der Waals surface area contributed by atoms with E-state index in [1.165, 1.54) is 0 Å². The highest BCUT2D eigenvalue weighted by molar-refractivity contribution is 5.88. The lowest BCUT2D eigenvalue weighted by Crippen LogP contribution is -2.43. The monoisotopic (exact) mass is 276 g/mol. The second kappa shape index (κ2) is 5.94. The van der Waals surface area contributed by atoms with Gasteiger partial charge in [0.1, 0.15) is 0 Å². The number of fused-ring (bicyclic) bond motifs is 1. The van der Waals surface area contributed by atoms with Crippen molar-refractivity contribution in [3.63, 3.8) is 0 Å². The van der Waals surface area contributed by atoms with Crippen LogP contribution in [0.1, 0.15) is 35.3 Å². The maximum Gasteiger partial charge on any atom is 0.335 e. The first-order chi connectivity index (χ1) is 9.47. The van der Waals surface area contributed by atoms with Gasteiger partial charge in [-0.1, -0.05) is 19.9 Å². The van der Waals surface area contributed by atoms with Crippen LogP contribution in [0, 0.1) is 5.92 Å². The summed E-state index contributed by atoms with van der Waals surface area (Å²) in [5.74, 6) is -0.524. The van der Waals surface area contributed by atoms with E-state index in [0.29, 0.717) is 25.6 Å². The van der Waals surface area contributed by atoms with Crippen LogP contribution < -0.4 is 5.32 Å². The predicted molar refractivity (Wildman–Crippen MR) is 75.8 cm³/mol. The van der Waals surface area contributed by atoms with E-state index in [1.807, 2.05) is 19.9 Å². The molecule has 1 aliphatic heterocycles. The van der Waals surface area contributed by atoms with Gasteiger partial charge in [0.25, 0.3) is 0 Å². The zero-order valence-corrected chi connectivity index (χ0v) is 11.8. The third kappa shape index (κ3) is 3.29. The Kier molecular flexibility index (Phi) is 4.27. The zero-order chi connectivity index (χ0) is 14.7. The molecule has 2 amide bonds. The molecule has 0 saturated heterocycles. The van der Waals surface area contributed by atoms with E-state index < -0.39 is 5.97 Å². The van der Waals surface area contributed by atoms with Gasteiger partial charge in [-0.05, 0) is 35.6 Å². The molecule has 0 saturated carbocycles. The number of nitrogens with zero attached hydrogens (tertiary/aromatic N) is 1. The summed E-state index contributed by atoms with van der Waals surface area (Å²) < 4.78 is 0. The van der Waals surface area contributed by atoms with Crippen molar-refractivity contribution in [2.75, 3.05) is 13.1 Å². The van der Waals surface area contributed by atoms with Gasteiger partial charge >= 0.3 is 12.0 Å². The molecule has 2 N–H and O–H groups in total. The van der Waals surface area contributed by atoms with E-state index in [4.69, 9.17) is 5.11 Å². The van der Waals surface area contributed by atoms with Crippen LogP contribution in [0.3, 0.4) is 0 Å². The first-order valence-corrected chi connectivity index (χ1v) is 6.85. The molecule has 0 aromatic heterocycles. The Morgan fingerprint density at radius 3 is 2.75 bits per heavy atom. The third-order valence-corrected chi connectivity index (χ3v) is 3.41. The molecule has 0 aliphatic carbocycles. The van der Waals surface area contributed by atoms with Crippen LogP contribution >= 0.6 is 0 Å². The highest BCUT2D eigenvalue weighted by Crippen LogP contribution is 2.20. The number of carboxylic acids is 1. The zero-order valence-electron chi connectivity index (χ0n) is 11.8. The molecule has 2 rings (SSSR count). The van der Waals surface area contributed by atoms with Crippen molar-refractivity contribution in [2.24, 2.45) is 5.92 Å². The first kappa shape index (κ1) is 14.4. The Morgan fingerprint density at radius 2 is 2.10 bits per heavy atom. The molecule has 5 heteroatoms. The van der Waals surface area contributed by atoms with Crippen molar-refractivity contribution < 1.29 is 14.7 Å². The Hall–Kier alpha value is -2.04. The van der Waals surface area contributed by atoms with E-state index in [9.17, 15) is 9.59 Å². The average Bonchev–Trinajstić information content (AvgIpc) is 2.43. The molecular weight excluding hydrogens is 256 g/mol. The second-order valence-corrected chi connectivity index (χ2v) is 5.54. The highest BCUT2D eigenvalue weighted by Gasteiger charge is 2.21. The molecule has 0 atom stereocenters. The summed E-state index contributed by atoms with van der Waals surface area (Å²) in [6, 6.07) is 5.06. The number of carboxylic acid groups (broad SMARTS) is 1. The molecule has 0 radical (unpaired) electrons. The molecule has 1 aromatic carbocycles. The van der Waals surface area contributed by atoms with Gasteiger partial charge in [-0.15, -0.1) is 0 Å². The lowest BCUT2D eigenvalue weighted by Gasteiger charge is -2.29. The van der Waals surface area contributed by atoms with Crippen molar-refractivity contribution in [1.29, 1.82) is 0 Å². The van der Waals surface area contributed by atoms with Crippen molar-refractivity contribution in [3.05, 3.63) is 34.9 Å². The van der Waals surface area contributed by atoms with Crippen molar-refractivity contribution >= 4 is 12.0 Å². The summed E-state index contributed by atoms with van der Waals surface area (Å²) in [5.41, 5.74) is 2.33. The molecule has 1 aliphatic rings. The minimum atomic E-state index is -0.936. The average molecular weight is 276 g/mol. The summed E-state index contributed by atoms with van der Waals surface area (Å²) in [4.78, 5) is 24.7. The van der Waals surface area contributed by atoms with Crippen LogP contribution in [0.25, 0.3) is 0 Å². The second-order valence-electron chi connectivity index (χ2n) is 5.54. The third-order valence-electron chi connectivity index (χ3n) is 3.41. The van der Waals surface area contributed by atoms with Crippen LogP contribution in [0.4, 0.5) is 4.79 Å². The standard InChI is InChI=1S/C15H20N2O3/c1-10(2)8-16-15(20)17-6-5-11-3-4-12(14(18)19)7-13(11)9-17/h3-4,7,10H,5-6,8-9H2,1-2H3,(H,16,20)(H,18,19). The van der Waals surface area contributed by atoms with Gasteiger partial charge < -0.3 is 15.3 Å². The smallest absolute Gasteiger partial charge is 0.335 e. The fourth-order valence-corrected chi connectivity index (χ4v) is 2.27. The number of amides is 2. The van der Waals surface area contributed by atoms with Gasteiger partial charge in [0.2, 0.25) is 0 Å². The molecule has 0 bridgehead atoms. The van der Waals surface area contributed by atoms with Crippen molar-refractivity contribution in [2.45, 2.75) is 26.8 Å². The molecule has 108 valence electrons. The summed E-state index contributed by atoms with van der Waals surface area (Å²) in [7, 11) is 0. The Bertz CT molecular complexity index is 526. The Balaban J connectivity index is 2.07. The van der Waals surface area contributed by atoms with Gasteiger partial charge in [-0.2, -0.15) is 0 Å². The summed E-state index contributed by atoms with van der Waals surface area (Å²) in [6.45, 7) is 5.89. The molecule has 20 heavy (non-hydrogen) atoms. The minimum Gasteiger partial charge on any atom is -0.478 e. The van der Waals surface area contributed by atoms with E-state index in [2.05, 4.69) is 5.32 Å². The van der Waals surface area contributed by atoms with E-state index >= 15 is 0 Å². The quantitative estimate of drug-likeness (QED) is 0.888. The normalized spacial score (nSPS) is 14.1. The largest absolute Gasteiger partial charge is 0.478 e. The maximum atomic E-state index is 12.0. The lowest BCUT2D eigenvalue weighted by atomic mass is 9.97. The molecule has 1 aromatic rings. The number of nitrogens with one attached hydrogen (secondary N) is 1. The van der Waals surface area contributed by atoms with E-state index in [-0.39, 0.29) is 11.6 Å². The number of aromatic carboxylic acids is 1. The van der Waals surface area contributed by atoms with Crippen LogP contribution in [0.15, 0.2) is 18.2 Å². The highest BCUT2D eigenvalue weighted by atomic mass is 16.4. The lowest BCUT2D eigenvalue weighted by molar-refractivity contribution is 0.0696. The molecule has 5 nitrogen and oxygen atoms in total. The fraction of sp³-hybridized carbons (Fsp3) is 0.467. The molecule has 0 fully saturated rings. The first-order valence-electron chi connectivity index (χ1n) is 6.85. The minimum absolute atomic E-state index is 0.0786. The molecular formula is C15H20N2O3. The van der Waals surface area contributed by atoms with Crippen LogP contribution in [-0.2, 0) is 13.0 Å². The van der Waals surface area contributed by atoms with Gasteiger partial charge in [0.05, 0.1) is 5.56 Å². The van der Waals surface area contributed by atoms with Crippen LogP contribution in [-0.4, -0.2) is 35.1 Å². The maximum absolute atomic E-state index is 12.0. The SMILES string of the molecule is CC(C)CNC(=O)N1CCc2ccc(C(=O)O)cc2C1. The number of hydrogen-bond acceptors (Lipinski definition) is 2. The number of urea groups is 1.